The van der Waals surface area contributed by atoms with Crippen molar-refractivity contribution in [2.24, 2.45) is 0 Å². The quantitative estimate of drug-likeness (QED) is 0.890. The van der Waals surface area contributed by atoms with Crippen LogP contribution in [0.3, 0.4) is 0 Å². The number of anilines is 1. The average Bonchev–Trinajstić information content (AvgIpc) is 2.40. The Bertz CT molecular complexity index is 651. The van der Waals surface area contributed by atoms with Crippen LogP contribution in [0.4, 0.5) is 5.69 Å². The SMILES string of the molecule is Cc1ccc(C)c(NC(=O)COc2cc(Cl)cc(Cl)c2)c1. The van der Waals surface area contributed by atoms with Crippen LogP contribution < -0.4 is 10.1 Å². The molecular weight excluding hydrogens is 309 g/mol. The van der Waals surface area contributed by atoms with E-state index in [0.29, 0.717) is 15.8 Å². The van der Waals surface area contributed by atoms with Crippen molar-refractivity contribution in [3.8, 4) is 5.75 Å². The fraction of sp³-hybridized carbons (Fsp3) is 0.188. The molecule has 0 aliphatic rings. The number of carbonyl (C=O) groups is 1. The van der Waals surface area contributed by atoms with Gasteiger partial charge in [-0.15, -0.1) is 0 Å². The molecule has 0 unspecified atom stereocenters. The summed E-state index contributed by atoms with van der Waals surface area (Å²) in [4.78, 5) is 11.9. The monoisotopic (exact) mass is 323 g/mol. The number of amides is 1. The van der Waals surface area contributed by atoms with Gasteiger partial charge < -0.3 is 10.1 Å². The molecule has 2 rings (SSSR count). The minimum absolute atomic E-state index is 0.107. The molecule has 0 bridgehead atoms. The van der Waals surface area contributed by atoms with Gasteiger partial charge in [-0.2, -0.15) is 0 Å². The van der Waals surface area contributed by atoms with Crippen molar-refractivity contribution in [3.63, 3.8) is 0 Å². The lowest BCUT2D eigenvalue weighted by Gasteiger charge is -2.10. The third-order valence-corrected chi connectivity index (χ3v) is 3.31. The van der Waals surface area contributed by atoms with Gasteiger partial charge in [0.2, 0.25) is 0 Å². The van der Waals surface area contributed by atoms with Crippen molar-refractivity contribution >= 4 is 34.8 Å². The van der Waals surface area contributed by atoms with Crippen molar-refractivity contribution < 1.29 is 9.53 Å². The van der Waals surface area contributed by atoms with Crippen LogP contribution in [0.5, 0.6) is 5.75 Å². The first-order valence-electron chi connectivity index (χ1n) is 6.40. The van der Waals surface area contributed by atoms with E-state index >= 15 is 0 Å². The van der Waals surface area contributed by atoms with Crippen LogP contribution >= 0.6 is 23.2 Å². The first-order chi connectivity index (χ1) is 9.94. The molecule has 1 N–H and O–H groups in total. The number of nitrogens with one attached hydrogen (secondary N) is 1. The van der Waals surface area contributed by atoms with Crippen LogP contribution in [-0.4, -0.2) is 12.5 Å². The van der Waals surface area contributed by atoms with Crippen molar-refractivity contribution in [1.29, 1.82) is 0 Å². The maximum Gasteiger partial charge on any atom is 0.262 e. The summed E-state index contributed by atoms with van der Waals surface area (Å²) in [5.41, 5.74) is 2.87. The zero-order chi connectivity index (χ0) is 15.4. The van der Waals surface area contributed by atoms with E-state index in [2.05, 4.69) is 5.32 Å². The predicted molar refractivity (Wildman–Crippen MR) is 86.5 cm³/mol. The van der Waals surface area contributed by atoms with Gasteiger partial charge in [0.05, 0.1) is 0 Å². The van der Waals surface area contributed by atoms with E-state index in [1.807, 2.05) is 32.0 Å². The molecule has 0 radical (unpaired) electrons. The molecule has 3 nitrogen and oxygen atoms in total. The molecule has 0 saturated heterocycles. The molecule has 0 spiro atoms. The van der Waals surface area contributed by atoms with E-state index in [1.54, 1.807) is 18.2 Å². The Kier molecular flexibility index (Phi) is 5.10. The second-order valence-electron chi connectivity index (χ2n) is 4.76. The number of hydrogen-bond donors (Lipinski definition) is 1. The van der Waals surface area contributed by atoms with Gasteiger partial charge in [-0.3, -0.25) is 4.79 Å². The molecule has 0 aromatic heterocycles. The molecule has 0 aliphatic heterocycles. The second kappa shape index (κ2) is 6.83. The van der Waals surface area contributed by atoms with Gasteiger partial charge in [0.1, 0.15) is 5.75 Å². The molecule has 21 heavy (non-hydrogen) atoms. The molecule has 0 fully saturated rings. The van der Waals surface area contributed by atoms with Crippen LogP contribution in [0.2, 0.25) is 10.0 Å². The first-order valence-corrected chi connectivity index (χ1v) is 7.15. The van der Waals surface area contributed by atoms with E-state index in [9.17, 15) is 4.79 Å². The van der Waals surface area contributed by atoms with Crippen LogP contribution in [0.15, 0.2) is 36.4 Å². The third kappa shape index (κ3) is 4.66. The molecular formula is C16H15Cl2NO2. The summed E-state index contributed by atoms with van der Waals surface area (Å²) in [5.74, 6) is 0.225. The van der Waals surface area contributed by atoms with Crippen LogP contribution in [0.1, 0.15) is 11.1 Å². The summed E-state index contributed by atoms with van der Waals surface area (Å²) < 4.78 is 5.39. The van der Waals surface area contributed by atoms with Crippen molar-refractivity contribution in [2.45, 2.75) is 13.8 Å². The van der Waals surface area contributed by atoms with Gasteiger partial charge in [0.15, 0.2) is 6.61 Å². The van der Waals surface area contributed by atoms with Gasteiger partial charge >= 0.3 is 0 Å². The lowest BCUT2D eigenvalue weighted by molar-refractivity contribution is -0.118. The molecule has 0 atom stereocenters. The third-order valence-electron chi connectivity index (χ3n) is 2.87. The Hall–Kier alpha value is -1.71. The normalized spacial score (nSPS) is 10.3. The molecule has 2 aromatic carbocycles. The Morgan fingerprint density at radius 1 is 1.10 bits per heavy atom. The highest BCUT2D eigenvalue weighted by molar-refractivity contribution is 6.34. The number of rotatable bonds is 4. The molecule has 1 amide bonds. The number of hydrogen-bond acceptors (Lipinski definition) is 2. The summed E-state index contributed by atoms with van der Waals surface area (Å²) in [6, 6.07) is 10.7. The summed E-state index contributed by atoms with van der Waals surface area (Å²) in [6.45, 7) is 3.80. The van der Waals surface area contributed by atoms with Gasteiger partial charge in [-0.1, -0.05) is 35.3 Å². The summed E-state index contributed by atoms with van der Waals surface area (Å²) in [7, 11) is 0. The average molecular weight is 324 g/mol. The van der Waals surface area contributed by atoms with Crippen LogP contribution in [0.25, 0.3) is 0 Å². The van der Waals surface area contributed by atoms with E-state index in [4.69, 9.17) is 27.9 Å². The minimum Gasteiger partial charge on any atom is -0.484 e. The number of benzene rings is 2. The van der Waals surface area contributed by atoms with E-state index in [1.165, 1.54) is 0 Å². The van der Waals surface area contributed by atoms with Crippen molar-refractivity contribution in [1.82, 2.24) is 0 Å². The minimum atomic E-state index is -0.236. The Labute approximate surface area is 133 Å². The molecule has 0 saturated carbocycles. The first kappa shape index (κ1) is 15.7. The number of aryl methyl sites for hydroxylation is 2. The lowest BCUT2D eigenvalue weighted by Crippen LogP contribution is -2.20. The molecule has 0 heterocycles. The zero-order valence-electron chi connectivity index (χ0n) is 11.7. The molecule has 0 aliphatic carbocycles. The fourth-order valence-corrected chi connectivity index (χ4v) is 2.32. The van der Waals surface area contributed by atoms with E-state index in [-0.39, 0.29) is 12.5 Å². The molecule has 110 valence electrons. The number of carbonyl (C=O) groups excluding carboxylic acids is 1. The van der Waals surface area contributed by atoms with E-state index in [0.717, 1.165) is 16.8 Å². The fourth-order valence-electron chi connectivity index (χ4n) is 1.82. The second-order valence-corrected chi connectivity index (χ2v) is 5.63. The van der Waals surface area contributed by atoms with Gasteiger partial charge in [0.25, 0.3) is 5.91 Å². The Morgan fingerprint density at radius 2 is 1.76 bits per heavy atom. The van der Waals surface area contributed by atoms with Gasteiger partial charge in [-0.25, -0.2) is 0 Å². The Morgan fingerprint density at radius 3 is 2.43 bits per heavy atom. The largest absolute Gasteiger partial charge is 0.484 e. The molecule has 5 heteroatoms. The smallest absolute Gasteiger partial charge is 0.262 e. The number of halogens is 2. The predicted octanol–water partition coefficient (Wildman–Crippen LogP) is 4.63. The van der Waals surface area contributed by atoms with Crippen LogP contribution in [-0.2, 0) is 4.79 Å². The highest BCUT2D eigenvalue weighted by atomic mass is 35.5. The topological polar surface area (TPSA) is 38.3 Å². The van der Waals surface area contributed by atoms with Crippen molar-refractivity contribution in [2.75, 3.05) is 11.9 Å². The van der Waals surface area contributed by atoms with Gasteiger partial charge in [0, 0.05) is 15.7 Å². The zero-order valence-corrected chi connectivity index (χ0v) is 13.3. The highest BCUT2D eigenvalue weighted by Gasteiger charge is 2.07. The number of ether oxygens (including phenoxy) is 1. The lowest BCUT2D eigenvalue weighted by atomic mass is 10.1. The van der Waals surface area contributed by atoms with Gasteiger partial charge in [-0.05, 0) is 49.2 Å². The summed E-state index contributed by atoms with van der Waals surface area (Å²) >= 11 is 11.7. The van der Waals surface area contributed by atoms with Crippen molar-refractivity contribution in [3.05, 3.63) is 57.6 Å². The maximum atomic E-state index is 11.9. The maximum absolute atomic E-state index is 11.9. The molecule has 2 aromatic rings. The summed E-state index contributed by atoms with van der Waals surface area (Å²) in [5, 5.41) is 3.75. The Balaban J connectivity index is 1.97. The van der Waals surface area contributed by atoms with Crippen LogP contribution in [0, 0.1) is 13.8 Å². The highest BCUT2D eigenvalue weighted by Crippen LogP contribution is 2.24. The summed E-state index contributed by atoms with van der Waals surface area (Å²) in [6.07, 6.45) is 0. The standard InChI is InChI=1S/C16H15Cl2NO2/c1-10-3-4-11(2)15(5-10)19-16(20)9-21-14-7-12(17)6-13(18)8-14/h3-8H,9H2,1-2H3,(H,19,20). The van der Waals surface area contributed by atoms with E-state index < -0.39 is 0 Å².